The van der Waals surface area contributed by atoms with Crippen molar-refractivity contribution in [2.75, 3.05) is 11.4 Å². The number of aliphatic hydroxyl groups excluding tert-OH is 1. The van der Waals surface area contributed by atoms with Gasteiger partial charge in [0.05, 0.1) is 16.8 Å². The molecule has 3 heteroatoms. The maximum atomic E-state index is 9.65. The van der Waals surface area contributed by atoms with Gasteiger partial charge in [-0.1, -0.05) is 41.9 Å². The third-order valence-corrected chi connectivity index (χ3v) is 4.45. The first kappa shape index (κ1) is 14.4. The van der Waals surface area contributed by atoms with E-state index < -0.39 is 6.10 Å². The van der Waals surface area contributed by atoms with Gasteiger partial charge >= 0.3 is 0 Å². The van der Waals surface area contributed by atoms with Crippen molar-refractivity contribution < 1.29 is 5.11 Å². The van der Waals surface area contributed by atoms with Crippen LogP contribution >= 0.6 is 11.6 Å². The van der Waals surface area contributed by atoms with Crippen LogP contribution in [0.15, 0.2) is 42.5 Å². The molecule has 2 aromatic rings. The first-order chi connectivity index (χ1) is 10.1. The second kappa shape index (κ2) is 6.08. The Morgan fingerprint density at radius 2 is 1.90 bits per heavy atom. The Hall–Kier alpha value is -1.51. The number of benzene rings is 2. The van der Waals surface area contributed by atoms with Crippen LogP contribution in [-0.2, 0) is 13.0 Å². The van der Waals surface area contributed by atoms with Crippen LogP contribution in [0.2, 0.25) is 5.02 Å². The second-order valence-electron chi connectivity index (χ2n) is 5.68. The van der Waals surface area contributed by atoms with Crippen molar-refractivity contribution in [3.05, 3.63) is 64.2 Å². The van der Waals surface area contributed by atoms with Crippen LogP contribution in [-0.4, -0.2) is 11.7 Å². The minimum absolute atomic E-state index is 0.485. The minimum Gasteiger partial charge on any atom is -0.389 e. The maximum absolute atomic E-state index is 9.65. The van der Waals surface area contributed by atoms with E-state index >= 15 is 0 Å². The molecule has 0 aliphatic carbocycles. The van der Waals surface area contributed by atoms with Crippen molar-refractivity contribution in [1.82, 2.24) is 0 Å². The van der Waals surface area contributed by atoms with Crippen LogP contribution in [0.5, 0.6) is 0 Å². The molecule has 0 bridgehead atoms. The predicted octanol–water partition coefficient (Wildman–Crippen LogP) is 4.35. The van der Waals surface area contributed by atoms with Gasteiger partial charge in [0.15, 0.2) is 0 Å². The summed E-state index contributed by atoms with van der Waals surface area (Å²) in [6.07, 6.45) is 1.77. The molecule has 1 atom stereocenters. The van der Waals surface area contributed by atoms with Gasteiger partial charge in [0.25, 0.3) is 0 Å². The van der Waals surface area contributed by atoms with E-state index in [2.05, 4.69) is 29.2 Å². The van der Waals surface area contributed by atoms with Gasteiger partial charge in [-0.05, 0) is 48.6 Å². The lowest BCUT2D eigenvalue weighted by molar-refractivity contribution is 0.199. The standard InChI is InChI=1S/C18H20ClNO/c1-13(21)15-8-9-18(17(19)11-15)20-10-4-7-14-5-2-3-6-16(14)12-20/h2-3,5-6,8-9,11,13,21H,4,7,10,12H2,1H3/t13-/m1/s1. The Balaban J connectivity index is 1.91. The number of fused-ring (bicyclic) bond motifs is 1. The lowest BCUT2D eigenvalue weighted by Gasteiger charge is -2.25. The molecular weight excluding hydrogens is 282 g/mol. The highest BCUT2D eigenvalue weighted by Crippen LogP contribution is 2.32. The number of rotatable bonds is 2. The van der Waals surface area contributed by atoms with E-state index in [4.69, 9.17) is 11.6 Å². The average molecular weight is 302 g/mol. The van der Waals surface area contributed by atoms with Crippen LogP contribution in [0, 0.1) is 0 Å². The summed E-state index contributed by atoms with van der Waals surface area (Å²) < 4.78 is 0. The summed E-state index contributed by atoms with van der Waals surface area (Å²) >= 11 is 6.43. The van der Waals surface area contributed by atoms with Gasteiger partial charge in [-0.2, -0.15) is 0 Å². The Labute approximate surface area is 131 Å². The summed E-state index contributed by atoms with van der Waals surface area (Å²) in [6, 6.07) is 14.5. The smallest absolute Gasteiger partial charge is 0.0762 e. The maximum Gasteiger partial charge on any atom is 0.0762 e. The normalized spacial score (nSPS) is 16.2. The molecule has 0 amide bonds. The molecule has 0 fully saturated rings. The van der Waals surface area contributed by atoms with Gasteiger partial charge in [0.1, 0.15) is 0 Å². The number of halogens is 1. The topological polar surface area (TPSA) is 23.5 Å². The molecule has 1 aliphatic rings. The fraction of sp³-hybridized carbons (Fsp3) is 0.333. The van der Waals surface area contributed by atoms with Crippen LogP contribution in [0.1, 0.15) is 36.1 Å². The molecule has 1 aliphatic heterocycles. The molecule has 0 spiro atoms. The van der Waals surface area contributed by atoms with E-state index in [1.807, 2.05) is 18.2 Å². The lowest BCUT2D eigenvalue weighted by Crippen LogP contribution is -2.22. The van der Waals surface area contributed by atoms with Crippen LogP contribution < -0.4 is 4.90 Å². The third-order valence-electron chi connectivity index (χ3n) is 4.15. The molecule has 0 saturated heterocycles. The number of hydrogen-bond acceptors (Lipinski definition) is 2. The lowest BCUT2D eigenvalue weighted by atomic mass is 10.0. The summed E-state index contributed by atoms with van der Waals surface area (Å²) in [5, 5.41) is 10.4. The summed E-state index contributed by atoms with van der Waals surface area (Å²) in [5.74, 6) is 0. The Morgan fingerprint density at radius 1 is 1.14 bits per heavy atom. The van der Waals surface area contributed by atoms with Crippen molar-refractivity contribution in [3.8, 4) is 0 Å². The first-order valence-corrected chi connectivity index (χ1v) is 7.82. The zero-order chi connectivity index (χ0) is 14.8. The van der Waals surface area contributed by atoms with Gasteiger partial charge in [0.2, 0.25) is 0 Å². The average Bonchev–Trinajstić information content (AvgIpc) is 2.69. The molecule has 1 heterocycles. The van der Waals surface area contributed by atoms with Crippen LogP contribution in [0.4, 0.5) is 5.69 Å². The third kappa shape index (κ3) is 3.07. The second-order valence-corrected chi connectivity index (χ2v) is 6.09. The molecule has 1 N–H and O–H groups in total. The highest BCUT2D eigenvalue weighted by Gasteiger charge is 2.17. The molecular formula is C18H20ClNO. The highest BCUT2D eigenvalue weighted by molar-refractivity contribution is 6.33. The van der Waals surface area contributed by atoms with Gasteiger partial charge in [-0.25, -0.2) is 0 Å². The molecule has 110 valence electrons. The molecule has 2 aromatic carbocycles. The monoisotopic (exact) mass is 301 g/mol. The van der Waals surface area contributed by atoms with Crippen molar-refractivity contribution in [2.24, 2.45) is 0 Å². The van der Waals surface area contributed by atoms with E-state index in [1.54, 1.807) is 6.92 Å². The quantitative estimate of drug-likeness (QED) is 0.891. The van der Waals surface area contributed by atoms with Gasteiger partial charge in [-0.3, -0.25) is 0 Å². The van der Waals surface area contributed by atoms with E-state index in [9.17, 15) is 5.11 Å². The van der Waals surface area contributed by atoms with Crippen LogP contribution in [0.25, 0.3) is 0 Å². The Morgan fingerprint density at radius 3 is 2.62 bits per heavy atom. The molecule has 3 rings (SSSR count). The summed E-state index contributed by atoms with van der Waals surface area (Å²) in [5.41, 5.74) is 4.74. The first-order valence-electron chi connectivity index (χ1n) is 7.44. The zero-order valence-corrected chi connectivity index (χ0v) is 13.0. The number of anilines is 1. The van der Waals surface area contributed by atoms with Crippen molar-refractivity contribution in [3.63, 3.8) is 0 Å². The molecule has 21 heavy (non-hydrogen) atoms. The predicted molar refractivity (Wildman–Crippen MR) is 87.9 cm³/mol. The summed E-state index contributed by atoms with van der Waals surface area (Å²) in [6.45, 7) is 3.65. The van der Waals surface area contributed by atoms with Crippen molar-refractivity contribution in [1.29, 1.82) is 0 Å². The number of nitrogens with zero attached hydrogens (tertiary/aromatic N) is 1. The Kier molecular flexibility index (Phi) is 4.18. The fourth-order valence-electron chi connectivity index (χ4n) is 2.95. The van der Waals surface area contributed by atoms with E-state index in [0.29, 0.717) is 5.02 Å². The number of aliphatic hydroxyl groups is 1. The molecule has 2 nitrogen and oxygen atoms in total. The van der Waals surface area contributed by atoms with Gasteiger partial charge in [0, 0.05) is 13.1 Å². The molecule has 0 aromatic heterocycles. The molecule has 0 saturated carbocycles. The van der Waals surface area contributed by atoms with Gasteiger partial charge < -0.3 is 10.0 Å². The highest BCUT2D eigenvalue weighted by atomic mass is 35.5. The summed E-state index contributed by atoms with van der Waals surface area (Å²) in [4.78, 5) is 2.33. The van der Waals surface area contributed by atoms with E-state index in [0.717, 1.165) is 37.2 Å². The SMILES string of the molecule is C[C@@H](O)c1ccc(N2CCCc3ccccc3C2)c(Cl)c1. The molecule has 0 unspecified atom stereocenters. The zero-order valence-electron chi connectivity index (χ0n) is 12.2. The number of hydrogen-bond donors (Lipinski definition) is 1. The number of aryl methyl sites for hydroxylation is 1. The fourth-order valence-corrected chi connectivity index (χ4v) is 3.25. The molecule has 0 radical (unpaired) electrons. The van der Waals surface area contributed by atoms with E-state index in [-0.39, 0.29) is 0 Å². The Bertz CT molecular complexity index is 639. The van der Waals surface area contributed by atoms with Gasteiger partial charge in [-0.15, -0.1) is 0 Å². The van der Waals surface area contributed by atoms with Crippen LogP contribution in [0.3, 0.4) is 0 Å². The minimum atomic E-state index is -0.485. The van der Waals surface area contributed by atoms with Crippen molar-refractivity contribution in [2.45, 2.75) is 32.4 Å². The summed E-state index contributed by atoms with van der Waals surface area (Å²) in [7, 11) is 0. The van der Waals surface area contributed by atoms with E-state index in [1.165, 1.54) is 11.1 Å². The van der Waals surface area contributed by atoms with Crippen molar-refractivity contribution >= 4 is 17.3 Å². The largest absolute Gasteiger partial charge is 0.389 e.